The molecule has 2 aromatic rings. The summed E-state index contributed by atoms with van der Waals surface area (Å²) in [5.41, 5.74) is 0.971. The summed E-state index contributed by atoms with van der Waals surface area (Å²) in [6.07, 6.45) is 2.59. The second kappa shape index (κ2) is 7.11. The van der Waals surface area contributed by atoms with Crippen molar-refractivity contribution in [2.45, 2.75) is 26.6 Å². The highest BCUT2D eigenvalue weighted by Gasteiger charge is 2.11. The van der Waals surface area contributed by atoms with Gasteiger partial charge < -0.3 is 10.6 Å². The van der Waals surface area contributed by atoms with Crippen LogP contribution in [0.15, 0.2) is 22.8 Å². The van der Waals surface area contributed by atoms with Gasteiger partial charge in [-0.2, -0.15) is 8.78 Å². The molecule has 6 nitrogen and oxygen atoms in total. The Morgan fingerprint density at radius 1 is 1.43 bits per heavy atom. The Kier molecular flexibility index (Phi) is 5.20. The van der Waals surface area contributed by atoms with E-state index in [1.54, 1.807) is 18.4 Å². The van der Waals surface area contributed by atoms with Gasteiger partial charge in [0.2, 0.25) is 0 Å². The van der Waals surface area contributed by atoms with Crippen molar-refractivity contribution < 1.29 is 8.78 Å². The van der Waals surface area contributed by atoms with Crippen molar-refractivity contribution >= 4 is 17.3 Å². The fourth-order valence-electron chi connectivity index (χ4n) is 1.69. The molecule has 0 bridgehead atoms. The van der Waals surface area contributed by atoms with Gasteiger partial charge in [-0.25, -0.2) is 9.97 Å². The number of aryl methyl sites for hydroxylation is 1. The smallest absolute Gasteiger partial charge is 0.319 e. The van der Waals surface area contributed by atoms with Crippen LogP contribution in [0, 0.1) is 6.92 Å². The largest absolute Gasteiger partial charge is 0.350 e. The minimum absolute atomic E-state index is 0.161. The average molecular weight is 314 g/mol. The molecule has 0 amide bonds. The fraction of sp³-hybridized carbons (Fsp3) is 0.417. The van der Waals surface area contributed by atoms with Crippen LogP contribution in [-0.2, 0) is 13.1 Å². The van der Waals surface area contributed by atoms with E-state index in [2.05, 4.69) is 25.6 Å². The molecule has 2 aromatic heterocycles. The van der Waals surface area contributed by atoms with Crippen molar-refractivity contribution in [1.82, 2.24) is 25.2 Å². The van der Waals surface area contributed by atoms with E-state index in [0.29, 0.717) is 12.5 Å². The number of thiazole rings is 1. The molecular weight excluding hydrogens is 298 g/mol. The van der Waals surface area contributed by atoms with Crippen molar-refractivity contribution in [3.63, 3.8) is 0 Å². The lowest BCUT2D eigenvalue weighted by Gasteiger charge is -2.11. The Hall–Kier alpha value is -2.03. The predicted molar refractivity (Wildman–Crippen MR) is 77.4 cm³/mol. The third-order valence-electron chi connectivity index (χ3n) is 2.67. The Morgan fingerprint density at radius 2 is 2.19 bits per heavy atom. The van der Waals surface area contributed by atoms with Gasteiger partial charge in [0.15, 0.2) is 5.96 Å². The van der Waals surface area contributed by atoms with Crippen LogP contribution in [0.1, 0.15) is 23.1 Å². The molecule has 0 aliphatic carbocycles. The predicted octanol–water partition coefficient (Wildman–Crippen LogP) is 1.91. The summed E-state index contributed by atoms with van der Waals surface area (Å²) >= 11 is 1.55. The Balaban J connectivity index is 1.86. The number of rotatable bonds is 5. The lowest BCUT2D eigenvalue weighted by Crippen LogP contribution is -2.37. The van der Waals surface area contributed by atoms with Gasteiger partial charge >= 0.3 is 6.55 Å². The van der Waals surface area contributed by atoms with Crippen molar-refractivity contribution in [2.75, 3.05) is 7.05 Å². The molecule has 2 N–H and O–H groups in total. The Bertz CT molecular complexity index is 606. The van der Waals surface area contributed by atoms with E-state index < -0.39 is 6.55 Å². The minimum Gasteiger partial charge on any atom is -0.350 e. The van der Waals surface area contributed by atoms with Crippen molar-refractivity contribution in [2.24, 2.45) is 4.99 Å². The van der Waals surface area contributed by atoms with E-state index in [1.165, 1.54) is 12.4 Å². The number of aliphatic imine (C=N–C) groups is 1. The van der Waals surface area contributed by atoms with Crippen LogP contribution in [0.4, 0.5) is 8.78 Å². The summed E-state index contributed by atoms with van der Waals surface area (Å²) in [5.74, 6) is 0.754. The third kappa shape index (κ3) is 4.22. The summed E-state index contributed by atoms with van der Waals surface area (Å²) in [6.45, 7) is 0.0182. The van der Waals surface area contributed by atoms with Crippen molar-refractivity contribution in [1.29, 1.82) is 0 Å². The molecule has 0 aliphatic rings. The molecule has 2 rings (SSSR count). The van der Waals surface area contributed by atoms with E-state index in [-0.39, 0.29) is 12.4 Å². The second-order valence-corrected chi connectivity index (χ2v) is 5.13. The second-order valence-electron chi connectivity index (χ2n) is 4.19. The van der Waals surface area contributed by atoms with Crippen LogP contribution >= 0.6 is 11.3 Å². The van der Waals surface area contributed by atoms with E-state index in [4.69, 9.17) is 0 Å². The molecule has 0 saturated heterocycles. The molecule has 0 spiro atoms. The first kappa shape index (κ1) is 15.4. The maximum atomic E-state index is 12.7. The summed E-state index contributed by atoms with van der Waals surface area (Å²) in [6, 6.07) is 0. The van der Waals surface area contributed by atoms with Gasteiger partial charge in [0, 0.05) is 30.5 Å². The van der Waals surface area contributed by atoms with Gasteiger partial charge in [-0.05, 0) is 6.92 Å². The van der Waals surface area contributed by atoms with Crippen LogP contribution in [0.3, 0.4) is 0 Å². The van der Waals surface area contributed by atoms with Gasteiger partial charge in [-0.3, -0.25) is 9.56 Å². The van der Waals surface area contributed by atoms with E-state index in [9.17, 15) is 8.78 Å². The molecule has 0 radical (unpaired) electrons. The molecule has 2 heterocycles. The summed E-state index contributed by atoms with van der Waals surface area (Å²) in [5, 5.41) is 8.92. The molecule has 114 valence electrons. The van der Waals surface area contributed by atoms with Crippen molar-refractivity contribution in [3.8, 4) is 0 Å². The maximum absolute atomic E-state index is 12.7. The Morgan fingerprint density at radius 3 is 2.81 bits per heavy atom. The molecule has 0 aliphatic heterocycles. The number of nitrogens with zero attached hydrogens (tertiary/aromatic N) is 4. The van der Waals surface area contributed by atoms with Gasteiger partial charge in [0.1, 0.15) is 10.8 Å². The van der Waals surface area contributed by atoms with Gasteiger partial charge in [-0.1, -0.05) is 0 Å². The molecule has 0 aromatic carbocycles. The topological polar surface area (TPSA) is 67.1 Å². The van der Waals surface area contributed by atoms with E-state index in [1.807, 2.05) is 12.3 Å². The zero-order valence-electron chi connectivity index (χ0n) is 11.7. The fourth-order valence-corrected chi connectivity index (χ4v) is 2.40. The normalized spacial score (nSPS) is 12.0. The van der Waals surface area contributed by atoms with Crippen LogP contribution in [0.2, 0.25) is 0 Å². The number of alkyl halides is 2. The standard InChI is InChI=1S/C12H16F2N6S/c1-8-7-21-10(19-8)6-18-12(15-2)17-5-9-16-3-4-20(9)11(13)14/h3-4,7,11H,5-6H2,1-2H3,(H2,15,17,18). The van der Waals surface area contributed by atoms with Crippen LogP contribution in [0.25, 0.3) is 0 Å². The summed E-state index contributed by atoms with van der Waals surface area (Å²) < 4.78 is 26.2. The molecule has 0 atom stereocenters. The number of imidazole rings is 1. The Labute approximate surface area is 125 Å². The summed E-state index contributed by atoms with van der Waals surface area (Å²) in [7, 11) is 1.61. The first-order chi connectivity index (χ1) is 10.1. The quantitative estimate of drug-likeness (QED) is 0.653. The average Bonchev–Trinajstić information content (AvgIpc) is 3.08. The number of hydrogen-bond donors (Lipinski definition) is 2. The molecule has 0 saturated carbocycles. The number of hydrogen-bond acceptors (Lipinski definition) is 4. The lowest BCUT2D eigenvalue weighted by atomic mass is 10.5. The SMILES string of the molecule is CN=C(NCc1nc(C)cs1)NCc1nccn1C(F)F. The van der Waals surface area contributed by atoms with E-state index in [0.717, 1.165) is 15.3 Å². The van der Waals surface area contributed by atoms with Crippen LogP contribution < -0.4 is 10.6 Å². The third-order valence-corrected chi connectivity index (χ3v) is 3.64. The van der Waals surface area contributed by atoms with Crippen LogP contribution in [-0.4, -0.2) is 27.5 Å². The molecule has 9 heteroatoms. The molecule has 21 heavy (non-hydrogen) atoms. The maximum Gasteiger partial charge on any atom is 0.319 e. The molecule has 0 unspecified atom stereocenters. The monoisotopic (exact) mass is 314 g/mol. The highest BCUT2D eigenvalue weighted by atomic mass is 32.1. The first-order valence-electron chi connectivity index (χ1n) is 6.25. The van der Waals surface area contributed by atoms with E-state index >= 15 is 0 Å². The lowest BCUT2D eigenvalue weighted by molar-refractivity contribution is 0.0668. The molecule has 0 fully saturated rings. The highest BCUT2D eigenvalue weighted by molar-refractivity contribution is 7.09. The van der Waals surface area contributed by atoms with Crippen molar-refractivity contribution in [3.05, 3.63) is 34.3 Å². The zero-order valence-corrected chi connectivity index (χ0v) is 12.5. The van der Waals surface area contributed by atoms with Crippen LogP contribution in [0.5, 0.6) is 0 Å². The van der Waals surface area contributed by atoms with Gasteiger partial charge in [0.05, 0.1) is 13.1 Å². The summed E-state index contributed by atoms with van der Waals surface area (Å²) in [4.78, 5) is 12.2. The number of guanidine groups is 1. The number of nitrogens with one attached hydrogen (secondary N) is 2. The zero-order chi connectivity index (χ0) is 15.2. The first-order valence-corrected chi connectivity index (χ1v) is 7.13. The molecular formula is C12H16F2N6S. The van der Waals surface area contributed by atoms with Gasteiger partial charge in [0.25, 0.3) is 0 Å². The number of aromatic nitrogens is 3. The highest BCUT2D eigenvalue weighted by Crippen LogP contribution is 2.12. The number of halogens is 2. The minimum atomic E-state index is -2.60. The van der Waals surface area contributed by atoms with Gasteiger partial charge in [-0.15, -0.1) is 11.3 Å².